The molecule has 0 bridgehead atoms. The highest BCUT2D eigenvalue weighted by molar-refractivity contribution is 6.02. The number of nitrogens with one attached hydrogen (secondary N) is 1. The third-order valence-electron chi connectivity index (χ3n) is 4.42. The van der Waals surface area contributed by atoms with Gasteiger partial charge < -0.3 is 10.1 Å². The molecule has 5 nitrogen and oxygen atoms in total. The van der Waals surface area contributed by atoms with E-state index in [0.29, 0.717) is 18.0 Å². The van der Waals surface area contributed by atoms with Gasteiger partial charge in [-0.2, -0.15) is 0 Å². The summed E-state index contributed by atoms with van der Waals surface area (Å²) >= 11 is 0. The Morgan fingerprint density at radius 2 is 1.88 bits per heavy atom. The van der Waals surface area contributed by atoms with E-state index in [9.17, 15) is 9.59 Å². The third-order valence-corrected chi connectivity index (χ3v) is 4.42. The molecule has 1 heterocycles. The zero-order valence-corrected chi connectivity index (χ0v) is 14.3. The molecule has 0 aliphatic carbocycles. The Labute approximate surface area is 147 Å². The van der Waals surface area contributed by atoms with Crippen molar-refractivity contribution in [3.63, 3.8) is 0 Å². The van der Waals surface area contributed by atoms with Crippen LogP contribution in [0.5, 0.6) is 5.75 Å². The van der Waals surface area contributed by atoms with Crippen LogP contribution in [-0.4, -0.2) is 31.5 Å². The summed E-state index contributed by atoms with van der Waals surface area (Å²) in [5.74, 6) is 0.520. The number of hydrogen-bond donors (Lipinski definition) is 1. The van der Waals surface area contributed by atoms with Gasteiger partial charge in [0.25, 0.3) is 5.91 Å². The van der Waals surface area contributed by atoms with Crippen molar-refractivity contribution in [1.82, 2.24) is 5.32 Å². The molecule has 1 unspecified atom stereocenters. The maximum atomic E-state index is 12.4. The number of nitrogens with zero attached hydrogens (tertiary/aromatic N) is 1. The number of ether oxygens (including phenoxy) is 1. The van der Waals surface area contributed by atoms with Crippen LogP contribution in [0.25, 0.3) is 0 Å². The lowest BCUT2D eigenvalue weighted by molar-refractivity contribution is -0.125. The molecule has 130 valence electrons. The first-order valence-electron chi connectivity index (χ1n) is 8.53. The molecule has 5 heteroatoms. The summed E-state index contributed by atoms with van der Waals surface area (Å²) in [6.45, 7) is 2.63. The second-order valence-electron chi connectivity index (χ2n) is 6.06. The number of amides is 2. The van der Waals surface area contributed by atoms with Gasteiger partial charge in [0.2, 0.25) is 5.91 Å². The maximum absolute atomic E-state index is 12.4. The lowest BCUT2D eigenvalue weighted by Crippen LogP contribution is -2.45. The fraction of sp³-hybridized carbons (Fsp3) is 0.300. The van der Waals surface area contributed by atoms with Crippen LogP contribution in [0.1, 0.15) is 24.8 Å². The molecule has 0 fully saturated rings. The number of carbonyl (C=O) groups is 2. The summed E-state index contributed by atoms with van der Waals surface area (Å²) in [6.07, 6.45) is 0.934. The Bertz CT molecular complexity index is 746. The molecule has 0 radical (unpaired) electrons. The quantitative estimate of drug-likeness (QED) is 0.881. The van der Waals surface area contributed by atoms with Gasteiger partial charge in [-0.1, -0.05) is 49.4 Å². The lowest BCUT2D eigenvalue weighted by Gasteiger charge is -2.29. The number of rotatable bonds is 6. The van der Waals surface area contributed by atoms with E-state index >= 15 is 0 Å². The number of benzene rings is 2. The number of para-hydroxylation sites is 2. The minimum absolute atomic E-state index is 0.00440. The van der Waals surface area contributed by atoms with E-state index in [-0.39, 0.29) is 30.9 Å². The summed E-state index contributed by atoms with van der Waals surface area (Å²) in [7, 11) is 0. The second-order valence-corrected chi connectivity index (χ2v) is 6.06. The molecule has 0 saturated heterocycles. The molecule has 0 saturated carbocycles. The first-order valence-corrected chi connectivity index (χ1v) is 8.53. The van der Waals surface area contributed by atoms with Crippen molar-refractivity contribution in [2.45, 2.75) is 19.3 Å². The van der Waals surface area contributed by atoms with Gasteiger partial charge in [-0.3, -0.25) is 14.5 Å². The van der Waals surface area contributed by atoms with E-state index in [1.807, 2.05) is 30.3 Å². The van der Waals surface area contributed by atoms with Gasteiger partial charge in [-0.15, -0.1) is 0 Å². The van der Waals surface area contributed by atoms with Crippen LogP contribution < -0.4 is 15.0 Å². The van der Waals surface area contributed by atoms with Crippen molar-refractivity contribution >= 4 is 17.5 Å². The number of fused-ring (bicyclic) bond motifs is 1. The van der Waals surface area contributed by atoms with Gasteiger partial charge in [0.15, 0.2) is 6.61 Å². The lowest BCUT2D eigenvalue weighted by atomic mass is 9.96. The van der Waals surface area contributed by atoms with Crippen molar-refractivity contribution in [2.75, 3.05) is 24.6 Å². The number of carbonyl (C=O) groups excluding carboxylic acids is 2. The SMILES string of the molecule is CCC(CNC(=O)CN1C(=O)COc2ccccc21)c1ccccc1. The standard InChI is InChI=1S/C20H22N2O3/c1-2-15(16-8-4-3-5-9-16)12-21-19(23)13-22-17-10-6-7-11-18(17)25-14-20(22)24/h3-11,15H,2,12-14H2,1H3,(H,21,23). The zero-order chi connectivity index (χ0) is 17.6. The van der Waals surface area contributed by atoms with Gasteiger partial charge in [-0.05, 0) is 24.1 Å². The fourth-order valence-corrected chi connectivity index (χ4v) is 2.99. The van der Waals surface area contributed by atoms with E-state index < -0.39 is 0 Å². The summed E-state index contributed by atoms with van der Waals surface area (Å²) < 4.78 is 5.40. The summed E-state index contributed by atoms with van der Waals surface area (Å²) in [5, 5.41) is 2.96. The Kier molecular flexibility index (Phi) is 5.33. The van der Waals surface area contributed by atoms with Crippen LogP contribution in [0, 0.1) is 0 Å². The predicted octanol–water partition coefficient (Wildman–Crippen LogP) is 2.72. The molecule has 3 rings (SSSR count). The van der Waals surface area contributed by atoms with E-state index in [1.165, 1.54) is 10.5 Å². The smallest absolute Gasteiger partial charge is 0.265 e. The van der Waals surface area contributed by atoms with Crippen molar-refractivity contribution in [2.24, 2.45) is 0 Å². The van der Waals surface area contributed by atoms with Crippen LogP contribution in [-0.2, 0) is 9.59 Å². The van der Waals surface area contributed by atoms with Gasteiger partial charge in [0.1, 0.15) is 12.3 Å². The first kappa shape index (κ1) is 17.0. The van der Waals surface area contributed by atoms with Crippen molar-refractivity contribution in [3.05, 3.63) is 60.2 Å². The van der Waals surface area contributed by atoms with E-state index in [0.717, 1.165) is 6.42 Å². The van der Waals surface area contributed by atoms with E-state index in [1.54, 1.807) is 12.1 Å². The first-order chi connectivity index (χ1) is 12.2. The highest BCUT2D eigenvalue weighted by atomic mass is 16.5. The summed E-state index contributed by atoms with van der Waals surface area (Å²) in [5.41, 5.74) is 1.85. The monoisotopic (exact) mass is 338 g/mol. The minimum Gasteiger partial charge on any atom is -0.482 e. The third kappa shape index (κ3) is 3.99. The molecule has 2 aromatic rings. The topological polar surface area (TPSA) is 58.6 Å². The Morgan fingerprint density at radius 3 is 2.64 bits per heavy atom. The molecule has 0 aromatic heterocycles. The van der Waals surface area contributed by atoms with Crippen LogP contribution in [0.2, 0.25) is 0 Å². The molecule has 25 heavy (non-hydrogen) atoms. The minimum atomic E-state index is -0.205. The van der Waals surface area contributed by atoms with Crippen LogP contribution in [0.4, 0.5) is 5.69 Å². The van der Waals surface area contributed by atoms with E-state index in [4.69, 9.17) is 4.74 Å². The van der Waals surface area contributed by atoms with Crippen LogP contribution >= 0.6 is 0 Å². The molecule has 1 atom stereocenters. The molecule has 0 spiro atoms. The molecule has 2 aromatic carbocycles. The molecular formula is C20H22N2O3. The molecular weight excluding hydrogens is 316 g/mol. The zero-order valence-electron chi connectivity index (χ0n) is 14.3. The van der Waals surface area contributed by atoms with Crippen molar-refractivity contribution < 1.29 is 14.3 Å². The maximum Gasteiger partial charge on any atom is 0.265 e. The Hall–Kier alpha value is -2.82. The fourth-order valence-electron chi connectivity index (χ4n) is 2.99. The number of hydrogen-bond acceptors (Lipinski definition) is 3. The van der Waals surface area contributed by atoms with Gasteiger partial charge in [-0.25, -0.2) is 0 Å². The molecule has 1 N–H and O–H groups in total. The van der Waals surface area contributed by atoms with Gasteiger partial charge >= 0.3 is 0 Å². The summed E-state index contributed by atoms with van der Waals surface area (Å²) in [6, 6.07) is 17.4. The number of anilines is 1. The van der Waals surface area contributed by atoms with Crippen LogP contribution in [0.3, 0.4) is 0 Å². The summed E-state index contributed by atoms with van der Waals surface area (Å²) in [4.78, 5) is 26.0. The molecule has 1 aliphatic heterocycles. The molecule has 1 aliphatic rings. The molecule has 2 amide bonds. The second kappa shape index (κ2) is 7.83. The Balaban J connectivity index is 1.62. The predicted molar refractivity (Wildman–Crippen MR) is 96.8 cm³/mol. The van der Waals surface area contributed by atoms with Gasteiger partial charge in [0.05, 0.1) is 5.69 Å². The van der Waals surface area contributed by atoms with Gasteiger partial charge in [0, 0.05) is 12.5 Å². The van der Waals surface area contributed by atoms with E-state index in [2.05, 4.69) is 24.4 Å². The highest BCUT2D eigenvalue weighted by Gasteiger charge is 2.27. The van der Waals surface area contributed by atoms with Crippen molar-refractivity contribution in [1.29, 1.82) is 0 Å². The van der Waals surface area contributed by atoms with Crippen molar-refractivity contribution in [3.8, 4) is 5.75 Å². The highest BCUT2D eigenvalue weighted by Crippen LogP contribution is 2.31. The Morgan fingerprint density at radius 1 is 1.16 bits per heavy atom. The average Bonchev–Trinajstić information content (AvgIpc) is 2.65. The normalized spacial score (nSPS) is 14.4. The largest absolute Gasteiger partial charge is 0.482 e. The average molecular weight is 338 g/mol. The van der Waals surface area contributed by atoms with Crippen LogP contribution in [0.15, 0.2) is 54.6 Å².